The van der Waals surface area contributed by atoms with Crippen LogP contribution in [0.3, 0.4) is 0 Å². The monoisotopic (exact) mass is 266 g/mol. The number of halogens is 1. The number of aliphatic hydroxyl groups excluding tert-OH is 1. The first-order valence-electron chi connectivity index (χ1n) is 5.19. The zero-order valence-electron chi connectivity index (χ0n) is 9.61. The molecule has 1 aromatic heterocycles. The summed E-state index contributed by atoms with van der Waals surface area (Å²) in [5, 5.41) is 15.7. The topological polar surface area (TPSA) is 75.2 Å². The number of nitrogens with one attached hydrogen (secondary N) is 1. The van der Waals surface area contributed by atoms with E-state index in [1.807, 2.05) is 0 Å². The van der Waals surface area contributed by atoms with Gasteiger partial charge in [-0.15, -0.1) is 0 Å². The minimum Gasteiger partial charge on any atom is -0.495 e. The van der Waals surface area contributed by atoms with Crippen LogP contribution in [0.2, 0.25) is 5.02 Å². The van der Waals surface area contributed by atoms with Crippen molar-refractivity contribution in [2.75, 3.05) is 7.11 Å². The molecule has 2 N–H and O–H groups in total. The van der Waals surface area contributed by atoms with Crippen molar-refractivity contribution >= 4 is 11.6 Å². The van der Waals surface area contributed by atoms with Crippen LogP contribution in [-0.2, 0) is 6.61 Å². The minimum absolute atomic E-state index is 0.256. The molecule has 0 aliphatic carbocycles. The quantitative estimate of drug-likeness (QED) is 0.885. The van der Waals surface area contributed by atoms with E-state index in [1.54, 1.807) is 18.2 Å². The Morgan fingerprint density at radius 3 is 2.83 bits per heavy atom. The van der Waals surface area contributed by atoms with Crippen LogP contribution in [0.25, 0.3) is 11.3 Å². The molecular formula is C12H11ClN2O3. The van der Waals surface area contributed by atoms with E-state index in [-0.39, 0.29) is 12.2 Å². The predicted octanol–water partition coefficient (Wildman–Crippen LogP) is 1.59. The van der Waals surface area contributed by atoms with Crippen LogP contribution in [-0.4, -0.2) is 22.4 Å². The van der Waals surface area contributed by atoms with E-state index in [0.717, 1.165) is 5.56 Å². The molecule has 6 heteroatoms. The van der Waals surface area contributed by atoms with Crippen LogP contribution in [0, 0.1) is 0 Å². The van der Waals surface area contributed by atoms with Crippen LogP contribution in [0.5, 0.6) is 5.75 Å². The standard InChI is InChI=1S/C12H11ClN2O3/c1-18-11-3-2-7(4-9(11)13)10-5-8(6-16)12(17)15-14-10/h2-5,16H,6H2,1H3,(H,15,17). The van der Waals surface area contributed by atoms with Crippen LogP contribution in [0.1, 0.15) is 5.56 Å². The van der Waals surface area contributed by atoms with Gasteiger partial charge in [0.15, 0.2) is 0 Å². The second-order valence-corrected chi connectivity index (χ2v) is 4.02. The fourth-order valence-electron chi connectivity index (χ4n) is 1.54. The molecule has 2 rings (SSSR count). The molecule has 18 heavy (non-hydrogen) atoms. The molecule has 0 radical (unpaired) electrons. The summed E-state index contributed by atoms with van der Waals surface area (Å²) >= 11 is 6.01. The van der Waals surface area contributed by atoms with Crippen molar-refractivity contribution in [3.05, 3.63) is 45.2 Å². The van der Waals surface area contributed by atoms with Gasteiger partial charge < -0.3 is 9.84 Å². The van der Waals surface area contributed by atoms with E-state index >= 15 is 0 Å². The first-order chi connectivity index (χ1) is 8.65. The Bertz CT molecular complexity index is 625. The van der Waals surface area contributed by atoms with E-state index < -0.39 is 5.56 Å². The second-order valence-electron chi connectivity index (χ2n) is 3.61. The highest BCUT2D eigenvalue weighted by Gasteiger charge is 2.07. The largest absolute Gasteiger partial charge is 0.495 e. The van der Waals surface area contributed by atoms with Crippen LogP contribution >= 0.6 is 11.6 Å². The number of nitrogens with zero attached hydrogens (tertiary/aromatic N) is 1. The molecule has 0 aliphatic rings. The van der Waals surface area contributed by atoms with Crippen LogP contribution in [0.4, 0.5) is 0 Å². The van der Waals surface area contributed by atoms with Crippen molar-refractivity contribution < 1.29 is 9.84 Å². The Morgan fingerprint density at radius 1 is 1.44 bits per heavy atom. The molecule has 1 heterocycles. The normalized spacial score (nSPS) is 10.4. The average Bonchev–Trinajstić information content (AvgIpc) is 2.39. The van der Waals surface area contributed by atoms with Gasteiger partial charge in [0.2, 0.25) is 0 Å². The van der Waals surface area contributed by atoms with Crippen molar-refractivity contribution in [1.29, 1.82) is 0 Å². The van der Waals surface area contributed by atoms with Gasteiger partial charge in [0.25, 0.3) is 5.56 Å². The molecule has 0 saturated carbocycles. The number of ether oxygens (including phenoxy) is 1. The summed E-state index contributed by atoms with van der Waals surface area (Å²) in [6.45, 7) is -0.339. The molecule has 94 valence electrons. The van der Waals surface area contributed by atoms with Crippen LogP contribution < -0.4 is 10.3 Å². The van der Waals surface area contributed by atoms with Crippen molar-refractivity contribution in [2.24, 2.45) is 0 Å². The third kappa shape index (κ3) is 2.37. The molecule has 2 aromatic rings. The molecule has 0 spiro atoms. The fraction of sp³-hybridized carbons (Fsp3) is 0.167. The molecule has 0 fully saturated rings. The number of H-pyrrole nitrogens is 1. The zero-order valence-corrected chi connectivity index (χ0v) is 10.4. The van der Waals surface area contributed by atoms with Gasteiger partial charge in [-0.2, -0.15) is 5.10 Å². The highest BCUT2D eigenvalue weighted by Crippen LogP contribution is 2.29. The molecule has 0 unspecified atom stereocenters. The van der Waals surface area contributed by atoms with Crippen molar-refractivity contribution in [1.82, 2.24) is 10.2 Å². The Kier molecular flexibility index (Phi) is 3.64. The summed E-state index contributed by atoms with van der Waals surface area (Å²) in [6, 6.07) is 6.69. The van der Waals surface area contributed by atoms with Gasteiger partial charge >= 0.3 is 0 Å². The lowest BCUT2D eigenvalue weighted by Gasteiger charge is -2.06. The lowest BCUT2D eigenvalue weighted by Crippen LogP contribution is -2.14. The minimum atomic E-state index is -0.402. The summed E-state index contributed by atoms with van der Waals surface area (Å²) in [7, 11) is 1.53. The fourth-order valence-corrected chi connectivity index (χ4v) is 1.79. The zero-order chi connectivity index (χ0) is 13.1. The average molecular weight is 267 g/mol. The van der Waals surface area contributed by atoms with E-state index in [4.69, 9.17) is 21.4 Å². The Hall–Kier alpha value is -1.85. The molecule has 5 nitrogen and oxygen atoms in total. The summed E-state index contributed by atoms with van der Waals surface area (Å²) in [5.74, 6) is 0.562. The second kappa shape index (κ2) is 5.20. The maximum atomic E-state index is 11.3. The van der Waals surface area contributed by atoms with Gasteiger partial charge in [-0.1, -0.05) is 11.6 Å². The van der Waals surface area contributed by atoms with Gasteiger partial charge in [-0.25, -0.2) is 5.10 Å². The SMILES string of the molecule is COc1ccc(-c2cc(CO)c(=O)[nH]n2)cc1Cl. The van der Waals surface area contributed by atoms with E-state index in [9.17, 15) is 4.79 Å². The lowest BCUT2D eigenvalue weighted by molar-refractivity contribution is 0.280. The van der Waals surface area contributed by atoms with E-state index in [2.05, 4.69) is 10.2 Å². The van der Waals surface area contributed by atoms with Crippen molar-refractivity contribution in [2.45, 2.75) is 6.61 Å². The number of aromatic amines is 1. The number of hydrogen-bond acceptors (Lipinski definition) is 4. The third-order valence-corrected chi connectivity index (χ3v) is 2.79. The summed E-state index contributed by atoms with van der Waals surface area (Å²) in [6.07, 6.45) is 0. The lowest BCUT2D eigenvalue weighted by atomic mass is 10.1. The maximum absolute atomic E-state index is 11.3. The number of aliphatic hydroxyl groups is 1. The van der Waals surface area contributed by atoms with Gasteiger partial charge in [-0.3, -0.25) is 4.79 Å². The molecule has 1 aromatic carbocycles. The predicted molar refractivity (Wildman–Crippen MR) is 67.8 cm³/mol. The first kappa shape index (κ1) is 12.6. The number of aromatic nitrogens is 2. The van der Waals surface area contributed by atoms with Crippen molar-refractivity contribution in [3.63, 3.8) is 0 Å². The Balaban J connectivity index is 2.48. The molecule has 0 saturated heterocycles. The molecule has 0 aliphatic heterocycles. The summed E-state index contributed by atoms with van der Waals surface area (Å²) in [5.41, 5.74) is 1.11. The Labute approximate surface area is 108 Å². The molecular weight excluding hydrogens is 256 g/mol. The highest BCUT2D eigenvalue weighted by molar-refractivity contribution is 6.32. The highest BCUT2D eigenvalue weighted by atomic mass is 35.5. The van der Waals surface area contributed by atoms with Gasteiger partial charge in [-0.05, 0) is 24.3 Å². The maximum Gasteiger partial charge on any atom is 0.269 e. The van der Waals surface area contributed by atoms with Gasteiger partial charge in [0.05, 0.1) is 24.4 Å². The van der Waals surface area contributed by atoms with Crippen molar-refractivity contribution in [3.8, 4) is 17.0 Å². The van der Waals surface area contributed by atoms with Crippen LogP contribution in [0.15, 0.2) is 29.1 Å². The number of rotatable bonds is 3. The smallest absolute Gasteiger partial charge is 0.269 e. The summed E-state index contributed by atoms with van der Waals surface area (Å²) in [4.78, 5) is 11.3. The Morgan fingerprint density at radius 2 is 2.22 bits per heavy atom. The molecule has 0 amide bonds. The molecule has 0 bridgehead atoms. The van der Waals surface area contributed by atoms with E-state index in [1.165, 1.54) is 13.2 Å². The first-order valence-corrected chi connectivity index (χ1v) is 5.57. The number of benzene rings is 1. The number of methoxy groups -OCH3 is 1. The van der Waals surface area contributed by atoms with Gasteiger partial charge in [0, 0.05) is 11.1 Å². The number of hydrogen-bond donors (Lipinski definition) is 2. The van der Waals surface area contributed by atoms with Gasteiger partial charge in [0.1, 0.15) is 5.75 Å². The third-order valence-electron chi connectivity index (χ3n) is 2.50. The molecule has 0 atom stereocenters. The van der Waals surface area contributed by atoms with E-state index in [0.29, 0.717) is 16.5 Å². The summed E-state index contributed by atoms with van der Waals surface area (Å²) < 4.78 is 5.05.